The van der Waals surface area contributed by atoms with Crippen molar-refractivity contribution in [2.45, 2.75) is 13.3 Å². The number of hydrogen-bond acceptors (Lipinski definition) is 4. The number of nitrogens with one attached hydrogen (secondary N) is 1. The minimum absolute atomic E-state index is 0.137. The molecule has 0 aliphatic heterocycles. The minimum atomic E-state index is -0.137. The van der Waals surface area contributed by atoms with Crippen LogP contribution in [0.2, 0.25) is 0 Å². The van der Waals surface area contributed by atoms with Gasteiger partial charge in [-0.3, -0.25) is 4.79 Å². The van der Waals surface area contributed by atoms with Crippen molar-refractivity contribution in [1.82, 2.24) is 15.5 Å². The summed E-state index contributed by atoms with van der Waals surface area (Å²) >= 11 is 6.69. The second-order valence-electron chi connectivity index (χ2n) is 3.89. The van der Waals surface area contributed by atoms with E-state index in [-0.39, 0.29) is 5.91 Å². The molecule has 2 rings (SSSR count). The molecule has 100 valence electrons. The first-order valence-electron chi connectivity index (χ1n) is 5.58. The number of halogens is 2. The minimum Gasteiger partial charge on any atom is -0.352 e. The first-order valence-corrected chi connectivity index (χ1v) is 7.16. The van der Waals surface area contributed by atoms with E-state index >= 15 is 0 Å². The number of carbonyl (C=O) groups is 1. The Balaban J connectivity index is 1.90. The summed E-state index contributed by atoms with van der Waals surface area (Å²) in [7, 11) is 0. The topological polar surface area (TPSA) is 68.0 Å². The average Bonchev–Trinajstić information content (AvgIpc) is 2.73. The maximum Gasteiger partial charge on any atom is 0.251 e. The number of aryl methyl sites for hydroxylation is 1. The van der Waals surface area contributed by atoms with Crippen LogP contribution in [0.3, 0.4) is 0 Å². The van der Waals surface area contributed by atoms with Crippen molar-refractivity contribution in [3.63, 3.8) is 0 Å². The maximum absolute atomic E-state index is 11.9. The Labute approximate surface area is 127 Å². The van der Waals surface area contributed by atoms with Gasteiger partial charge in [0.05, 0.1) is 0 Å². The molecule has 7 heteroatoms. The van der Waals surface area contributed by atoms with E-state index in [0.29, 0.717) is 30.2 Å². The summed E-state index contributed by atoms with van der Waals surface area (Å²) < 4.78 is 6.55. The van der Waals surface area contributed by atoms with Gasteiger partial charge in [0, 0.05) is 34.4 Å². The number of rotatable bonds is 4. The number of aromatic nitrogens is 2. The lowest BCUT2D eigenvalue weighted by Crippen LogP contribution is -2.26. The van der Waals surface area contributed by atoms with E-state index in [1.54, 1.807) is 19.1 Å². The molecule has 0 bridgehead atoms. The Morgan fingerprint density at radius 1 is 1.32 bits per heavy atom. The van der Waals surface area contributed by atoms with E-state index < -0.39 is 0 Å². The van der Waals surface area contributed by atoms with Crippen molar-refractivity contribution in [3.8, 4) is 0 Å². The van der Waals surface area contributed by atoms with Crippen LogP contribution in [0.25, 0.3) is 0 Å². The lowest BCUT2D eigenvalue weighted by Gasteiger charge is -2.05. The highest BCUT2D eigenvalue weighted by Gasteiger charge is 2.08. The second-order valence-corrected chi connectivity index (χ2v) is 5.72. The molecular weight excluding hydrogens is 378 g/mol. The molecule has 0 aliphatic carbocycles. The monoisotopic (exact) mass is 387 g/mol. The highest BCUT2D eigenvalue weighted by atomic mass is 79.9. The molecule has 0 spiro atoms. The van der Waals surface area contributed by atoms with Gasteiger partial charge in [-0.05, 0) is 18.2 Å². The van der Waals surface area contributed by atoms with Gasteiger partial charge in [-0.25, -0.2) is 0 Å². The molecule has 1 aromatic carbocycles. The molecule has 0 saturated heterocycles. The molecular formula is C12H11Br2N3O2. The van der Waals surface area contributed by atoms with Gasteiger partial charge in [-0.1, -0.05) is 37.0 Å². The Hall–Kier alpha value is -1.21. The molecule has 19 heavy (non-hydrogen) atoms. The smallest absolute Gasteiger partial charge is 0.251 e. The molecule has 0 fully saturated rings. The molecule has 0 atom stereocenters. The predicted octanol–water partition coefficient (Wildman–Crippen LogP) is 2.88. The molecule has 0 saturated carbocycles. The summed E-state index contributed by atoms with van der Waals surface area (Å²) in [5, 5.41) is 6.57. The normalized spacial score (nSPS) is 10.5. The van der Waals surface area contributed by atoms with Crippen LogP contribution in [0, 0.1) is 6.92 Å². The van der Waals surface area contributed by atoms with Crippen LogP contribution < -0.4 is 5.32 Å². The van der Waals surface area contributed by atoms with Gasteiger partial charge >= 0.3 is 0 Å². The zero-order valence-electron chi connectivity index (χ0n) is 10.1. The van der Waals surface area contributed by atoms with Crippen molar-refractivity contribution in [3.05, 3.63) is 44.4 Å². The van der Waals surface area contributed by atoms with Gasteiger partial charge < -0.3 is 9.84 Å². The van der Waals surface area contributed by atoms with Crippen LogP contribution in [-0.2, 0) is 6.42 Å². The van der Waals surface area contributed by atoms with Gasteiger partial charge in [-0.15, -0.1) is 0 Å². The van der Waals surface area contributed by atoms with Gasteiger partial charge in [-0.2, -0.15) is 4.98 Å². The number of carbonyl (C=O) groups excluding carboxylic acids is 1. The van der Waals surface area contributed by atoms with E-state index in [4.69, 9.17) is 4.52 Å². The second kappa shape index (κ2) is 6.29. The predicted molar refractivity (Wildman–Crippen MR) is 76.9 cm³/mol. The third-order valence-corrected chi connectivity index (χ3v) is 3.24. The quantitative estimate of drug-likeness (QED) is 0.874. The zero-order valence-corrected chi connectivity index (χ0v) is 13.3. The summed E-state index contributed by atoms with van der Waals surface area (Å²) in [5.74, 6) is 0.979. The van der Waals surface area contributed by atoms with Crippen molar-refractivity contribution in [2.24, 2.45) is 0 Å². The molecule has 0 unspecified atom stereocenters. The van der Waals surface area contributed by atoms with Gasteiger partial charge in [0.1, 0.15) is 0 Å². The van der Waals surface area contributed by atoms with Crippen LogP contribution >= 0.6 is 31.9 Å². The standard InChI is InChI=1S/C12H11Br2N3O2/c1-7-16-11(17-19-7)2-3-15-12(18)8-4-9(13)6-10(14)5-8/h4-6H,2-3H2,1H3,(H,15,18). The number of nitrogens with zero attached hydrogens (tertiary/aromatic N) is 2. The summed E-state index contributed by atoms with van der Waals surface area (Å²) in [6.07, 6.45) is 0.540. The fraction of sp³-hybridized carbons (Fsp3) is 0.250. The first-order chi connectivity index (χ1) is 9.04. The van der Waals surface area contributed by atoms with E-state index in [1.807, 2.05) is 6.07 Å². The van der Waals surface area contributed by atoms with Crippen LogP contribution in [0.4, 0.5) is 0 Å². The zero-order chi connectivity index (χ0) is 13.8. The van der Waals surface area contributed by atoms with Gasteiger partial charge in [0.25, 0.3) is 5.91 Å². The van der Waals surface area contributed by atoms with E-state index in [1.165, 1.54) is 0 Å². The van der Waals surface area contributed by atoms with Gasteiger partial charge in [0.2, 0.25) is 5.89 Å². The van der Waals surface area contributed by atoms with Crippen molar-refractivity contribution in [2.75, 3.05) is 6.54 Å². The maximum atomic E-state index is 11.9. The highest BCUT2D eigenvalue weighted by Crippen LogP contribution is 2.19. The first kappa shape index (κ1) is 14.2. The fourth-order valence-electron chi connectivity index (χ4n) is 1.52. The fourth-order valence-corrected chi connectivity index (χ4v) is 2.81. The molecule has 1 heterocycles. The molecule has 1 amide bonds. The molecule has 5 nitrogen and oxygen atoms in total. The average molecular weight is 389 g/mol. The number of benzene rings is 1. The third kappa shape index (κ3) is 4.14. The summed E-state index contributed by atoms with van der Waals surface area (Å²) in [6.45, 7) is 2.19. The largest absolute Gasteiger partial charge is 0.352 e. The molecule has 1 aromatic heterocycles. The van der Waals surface area contributed by atoms with Crippen LogP contribution in [-0.4, -0.2) is 22.6 Å². The summed E-state index contributed by atoms with van der Waals surface area (Å²) in [6, 6.07) is 5.40. The third-order valence-electron chi connectivity index (χ3n) is 2.33. The van der Waals surface area contributed by atoms with Crippen LogP contribution in [0.1, 0.15) is 22.1 Å². The summed E-state index contributed by atoms with van der Waals surface area (Å²) in [4.78, 5) is 16.0. The van der Waals surface area contributed by atoms with Crippen LogP contribution in [0.5, 0.6) is 0 Å². The Kier molecular flexibility index (Phi) is 4.71. The van der Waals surface area contributed by atoms with Crippen LogP contribution in [0.15, 0.2) is 31.7 Å². The Bertz CT molecular complexity index is 578. The Morgan fingerprint density at radius 3 is 2.58 bits per heavy atom. The van der Waals surface area contributed by atoms with Crippen molar-refractivity contribution >= 4 is 37.8 Å². The molecule has 1 N–H and O–H groups in total. The number of hydrogen-bond donors (Lipinski definition) is 1. The molecule has 0 radical (unpaired) electrons. The van der Waals surface area contributed by atoms with E-state index in [2.05, 4.69) is 47.3 Å². The van der Waals surface area contributed by atoms with Crippen molar-refractivity contribution in [1.29, 1.82) is 0 Å². The summed E-state index contributed by atoms with van der Waals surface area (Å²) in [5.41, 5.74) is 0.588. The molecule has 0 aliphatic rings. The molecule has 2 aromatic rings. The van der Waals surface area contributed by atoms with Crippen molar-refractivity contribution < 1.29 is 9.32 Å². The Morgan fingerprint density at radius 2 is 2.00 bits per heavy atom. The lowest BCUT2D eigenvalue weighted by atomic mass is 10.2. The SMILES string of the molecule is Cc1nc(CCNC(=O)c2cc(Br)cc(Br)c2)no1. The van der Waals surface area contributed by atoms with E-state index in [9.17, 15) is 4.79 Å². The van der Waals surface area contributed by atoms with E-state index in [0.717, 1.165) is 8.95 Å². The lowest BCUT2D eigenvalue weighted by molar-refractivity contribution is 0.0953. The number of amides is 1. The highest BCUT2D eigenvalue weighted by molar-refractivity contribution is 9.11. The van der Waals surface area contributed by atoms with Gasteiger partial charge in [0.15, 0.2) is 5.82 Å².